The van der Waals surface area contributed by atoms with E-state index in [0.29, 0.717) is 12.1 Å². The molecule has 0 N–H and O–H groups in total. The molecule has 1 aliphatic rings. The summed E-state index contributed by atoms with van der Waals surface area (Å²) in [6.07, 6.45) is 5.13. The van der Waals surface area contributed by atoms with E-state index < -0.39 is 0 Å². The first-order valence-corrected chi connectivity index (χ1v) is 7.57. The van der Waals surface area contributed by atoms with Gasteiger partial charge in [0.2, 0.25) is 0 Å². The summed E-state index contributed by atoms with van der Waals surface area (Å²) in [5, 5.41) is 0. The highest BCUT2D eigenvalue weighted by Crippen LogP contribution is 2.35. The van der Waals surface area contributed by atoms with Crippen molar-refractivity contribution in [1.82, 2.24) is 14.5 Å². The summed E-state index contributed by atoms with van der Waals surface area (Å²) in [5.41, 5.74) is 2.63. The zero-order chi connectivity index (χ0) is 14.8. The zero-order valence-corrected chi connectivity index (χ0v) is 13.0. The van der Waals surface area contributed by atoms with Gasteiger partial charge in [0.1, 0.15) is 5.75 Å². The number of aromatic nitrogens is 2. The highest BCUT2D eigenvalue weighted by atomic mass is 16.5. The lowest BCUT2D eigenvalue weighted by Gasteiger charge is -2.41. The molecule has 1 atom stereocenters. The van der Waals surface area contributed by atoms with Crippen LogP contribution in [0.1, 0.15) is 43.6 Å². The third kappa shape index (κ3) is 2.81. The van der Waals surface area contributed by atoms with Crippen LogP contribution in [0, 0.1) is 0 Å². The number of ether oxygens (including phenoxy) is 1. The largest absolute Gasteiger partial charge is 0.497 e. The molecule has 0 saturated carbocycles. The number of methoxy groups -OCH3 is 1. The number of imidazole rings is 1. The number of likely N-dealkylation sites (tertiary alicyclic amines) is 1. The normalized spacial score (nSPS) is 18.8. The summed E-state index contributed by atoms with van der Waals surface area (Å²) < 4.78 is 7.58. The van der Waals surface area contributed by atoms with E-state index in [9.17, 15) is 0 Å². The van der Waals surface area contributed by atoms with Gasteiger partial charge in [-0.15, -0.1) is 0 Å². The van der Waals surface area contributed by atoms with Gasteiger partial charge in [-0.2, -0.15) is 0 Å². The van der Waals surface area contributed by atoms with Crippen molar-refractivity contribution in [2.45, 2.75) is 38.9 Å². The topological polar surface area (TPSA) is 30.3 Å². The molecule has 112 valence electrons. The Balaban J connectivity index is 1.73. The van der Waals surface area contributed by atoms with Crippen LogP contribution in [0.25, 0.3) is 0 Å². The van der Waals surface area contributed by atoms with Crippen molar-refractivity contribution in [1.29, 1.82) is 0 Å². The lowest BCUT2D eigenvalue weighted by Crippen LogP contribution is -2.40. The van der Waals surface area contributed by atoms with Gasteiger partial charge >= 0.3 is 0 Å². The van der Waals surface area contributed by atoms with E-state index >= 15 is 0 Å². The first-order valence-electron chi connectivity index (χ1n) is 7.57. The predicted molar refractivity (Wildman–Crippen MR) is 83.4 cm³/mol. The van der Waals surface area contributed by atoms with Gasteiger partial charge in [-0.25, -0.2) is 4.98 Å². The second-order valence-electron chi connectivity index (χ2n) is 5.94. The Morgan fingerprint density at radius 2 is 2.24 bits per heavy atom. The van der Waals surface area contributed by atoms with Crippen LogP contribution in [0.3, 0.4) is 0 Å². The smallest absolute Gasteiger partial charge is 0.119 e. The zero-order valence-electron chi connectivity index (χ0n) is 13.0. The Bertz CT molecular complexity index is 606. The Morgan fingerprint density at radius 3 is 2.90 bits per heavy atom. The molecule has 0 radical (unpaired) electrons. The van der Waals surface area contributed by atoms with Crippen LogP contribution in [-0.4, -0.2) is 28.1 Å². The molecule has 3 rings (SSSR count). The first-order chi connectivity index (χ1) is 10.2. The molecule has 0 aliphatic carbocycles. The Labute approximate surface area is 126 Å². The molecule has 1 fully saturated rings. The minimum absolute atomic E-state index is 0.457. The number of hydrogen-bond donors (Lipinski definition) is 0. The van der Waals surface area contributed by atoms with Crippen molar-refractivity contribution >= 4 is 0 Å². The third-order valence-corrected chi connectivity index (χ3v) is 4.28. The van der Waals surface area contributed by atoms with Gasteiger partial charge in [0, 0.05) is 31.4 Å². The van der Waals surface area contributed by atoms with E-state index in [1.807, 2.05) is 18.6 Å². The maximum absolute atomic E-state index is 5.33. The molecule has 0 bridgehead atoms. The minimum atomic E-state index is 0.457. The Morgan fingerprint density at radius 1 is 1.38 bits per heavy atom. The maximum atomic E-state index is 5.33. The monoisotopic (exact) mass is 285 g/mol. The molecule has 1 aromatic carbocycles. The van der Waals surface area contributed by atoms with E-state index in [0.717, 1.165) is 18.8 Å². The molecule has 0 unspecified atom stereocenters. The molecule has 1 aliphatic heterocycles. The van der Waals surface area contributed by atoms with Crippen LogP contribution in [0.2, 0.25) is 0 Å². The fourth-order valence-electron chi connectivity index (χ4n) is 2.98. The quantitative estimate of drug-likeness (QED) is 0.843. The number of hydrogen-bond acceptors (Lipinski definition) is 3. The summed E-state index contributed by atoms with van der Waals surface area (Å²) in [7, 11) is 1.72. The molecule has 4 nitrogen and oxygen atoms in total. The summed E-state index contributed by atoms with van der Waals surface area (Å²) in [4.78, 5) is 6.80. The molecular formula is C17H23N3O. The summed E-state index contributed by atoms with van der Waals surface area (Å²) in [6, 6.07) is 9.37. The second kappa shape index (κ2) is 5.90. The predicted octanol–water partition coefficient (Wildman–Crippen LogP) is 3.42. The lowest BCUT2D eigenvalue weighted by atomic mass is 9.94. The number of rotatable bonds is 5. The molecule has 1 aromatic heterocycles. The van der Waals surface area contributed by atoms with Crippen molar-refractivity contribution in [3.05, 3.63) is 48.0 Å². The van der Waals surface area contributed by atoms with E-state index in [-0.39, 0.29) is 0 Å². The highest BCUT2D eigenvalue weighted by Gasteiger charge is 2.30. The fraction of sp³-hybridized carbons (Fsp3) is 0.471. The average molecular weight is 285 g/mol. The molecule has 2 aromatic rings. The molecule has 0 amide bonds. The molecular weight excluding hydrogens is 262 g/mol. The Kier molecular flexibility index (Phi) is 3.97. The second-order valence-corrected chi connectivity index (χ2v) is 5.94. The molecule has 4 heteroatoms. The van der Waals surface area contributed by atoms with Gasteiger partial charge < -0.3 is 9.30 Å². The van der Waals surface area contributed by atoms with Gasteiger partial charge in [0.25, 0.3) is 0 Å². The van der Waals surface area contributed by atoms with E-state index in [2.05, 4.69) is 46.5 Å². The number of nitrogens with zero attached hydrogens (tertiary/aromatic N) is 3. The van der Waals surface area contributed by atoms with Crippen molar-refractivity contribution in [2.24, 2.45) is 0 Å². The van der Waals surface area contributed by atoms with E-state index in [1.165, 1.54) is 17.7 Å². The van der Waals surface area contributed by atoms with Crippen LogP contribution in [0.15, 0.2) is 36.8 Å². The van der Waals surface area contributed by atoms with Crippen molar-refractivity contribution in [3.63, 3.8) is 0 Å². The minimum Gasteiger partial charge on any atom is -0.497 e. The van der Waals surface area contributed by atoms with Crippen molar-refractivity contribution in [2.75, 3.05) is 13.7 Å². The van der Waals surface area contributed by atoms with Gasteiger partial charge in [-0.1, -0.05) is 12.1 Å². The summed E-state index contributed by atoms with van der Waals surface area (Å²) in [5.74, 6) is 0.937. The summed E-state index contributed by atoms with van der Waals surface area (Å²) in [6.45, 7) is 6.49. The third-order valence-electron chi connectivity index (χ3n) is 4.28. The van der Waals surface area contributed by atoms with E-state index in [1.54, 1.807) is 7.11 Å². The van der Waals surface area contributed by atoms with Crippen molar-refractivity contribution in [3.8, 4) is 5.75 Å². The standard InChI is InChI=1S/C17H23N3O/c1-13(2)20-12-18-10-15(20)11-19-8-7-17(19)14-5-4-6-16(9-14)21-3/h4-6,9-10,12-13,17H,7-8,11H2,1-3H3/t17-/m0/s1. The molecule has 1 saturated heterocycles. The average Bonchev–Trinajstić information content (AvgIpc) is 2.92. The molecule has 21 heavy (non-hydrogen) atoms. The number of benzene rings is 1. The van der Waals surface area contributed by atoms with Crippen LogP contribution >= 0.6 is 0 Å². The van der Waals surface area contributed by atoms with Crippen molar-refractivity contribution < 1.29 is 4.74 Å². The van der Waals surface area contributed by atoms with Gasteiger partial charge in [0.05, 0.1) is 19.1 Å². The lowest BCUT2D eigenvalue weighted by molar-refractivity contribution is 0.0785. The van der Waals surface area contributed by atoms with Crippen LogP contribution in [0.5, 0.6) is 5.75 Å². The van der Waals surface area contributed by atoms with E-state index in [4.69, 9.17) is 4.74 Å². The highest BCUT2D eigenvalue weighted by molar-refractivity contribution is 5.31. The van der Waals surface area contributed by atoms with Crippen LogP contribution in [-0.2, 0) is 6.54 Å². The van der Waals surface area contributed by atoms with Crippen LogP contribution < -0.4 is 4.74 Å². The van der Waals surface area contributed by atoms with Gasteiger partial charge in [-0.3, -0.25) is 4.90 Å². The van der Waals surface area contributed by atoms with Crippen LogP contribution in [0.4, 0.5) is 0 Å². The maximum Gasteiger partial charge on any atom is 0.119 e. The SMILES string of the molecule is COc1cccc([C@@H]2CCN2Cc2cncn2C(C)C)c1. The van der Waals surface area contributed by atoms with Gasteiger partial charge in [0.15, 0.2) is 0 Å². The van der Waals surface area contributed by atoms with Gasteiger partial charge in [-0.05, 0) is 38.0 Å². The Hall–Kier alpha value is -1.81. The summed E-state index contributed by atoms with van der Waals surface area (Å²) >= 11 is 0. The first kappa shape index (κ1) is 14.1. The molecule has 2 heterocycles. The fourth-order valence-corrected chi connectivity index (χ4v) is 2.98. The molecule has 0 spiro atoms.